The molecule has 0 spiro atoms. The van der Waals surface area contributed by atoms with E-state index in [9.17, 15) is 0 Å². The van der Waals surface area contributed by atoms with Crippen LogP contribution in [0.5, 0.6) is 5.75 Å². The Balaban J connectivity index is 2.25. The number of alkyl halides is 1. The first-order valence-electron chi connectivity index (χ1n) is 6.38. The normalized spacial score (nSPS) is 10.5. The topological polar surface area (TPSA) is 50.8 Å². The zero-order valence-electron chi connectivity index (χ0n) is 11.4. The van der Waals surface area contributed by atoms with Crippen molar-refractivity contribution in [2.45, 2.75) is 5.88 Å². The standard InChI is InChI=1S/C16H12ClN3O/c1-21-13-6-7-14-15(8-13)20(16(9-17)19-14)12-4-2-11(10-18)3-5-12/h2-8H,9H2,1H3. The number of ether oxygens (including phenoxy) is 1. The number of fused-ring (bicyclic) bond motifs is 1. The summed E-state index contributed by atoms with van der Waals surface area (Å²) in [7, 11) is 1.63. The van der Waals surface area contributed by atoms with Crippen molar-refractivity contribution in [1.29, 1.82) is 5.26 Å². The summed E-state index contributed by atoms with van der Waals surface area (Å²) in [5.41, 5.74) is 3.32. The van der Waals surface area contributed by atoms with E-state index in [1.807, 2.05) is 34.9 Å². The minimum absolute atomic E-state index is 0.303. The van der Waals surface area contributed by atoms with Gasteiger partial charge in [0.1, 0.15) is 11.6 Å². The molecule has 0 bridgehead atoms. The predicted octanol–water partition coefficient (Wildman–Crippen LogP) is 3.64. The number of rotatable bonds is 3. The Labute approximate surface area is 127 Å². The molecule has 0 radical (unpaired) electrons. The maximum absolute atomic E-state index is 8.89. The van der Waals surface area contributed by atoms with Gasteiger partial charge in [0, 0.05) is 11.8 Å². The average Bonchev–Trinajstić information content (AvgIpc) is 2.92. The average molecular weight is 298 g/mol. The van der Waals surface area contributed by atoms with Crippen LogP contribution >= 0.6 is 11.6 Å². The number of hydrogen-bond donors (Lipinski definition) is 0. The fraction of sp³-hybridized carbons (Fsp3) is 0.125. The SMILES string of the molecule is COc1ccc2nc(CCl)n(-c3ccc(C#N)cc3)c2c1. The third-order valence-electron chi connectivity index (χ3n) is 3.31. The molecule has 0 aliphatic rings. The highest BCUT2D eigenvalue weighted by atomic mass is 35.5. The molecule has 1 heterocycles. The van der Waals surface area contributed by atoms with E-state index in [4.69, 9.17) is 21.6 Å². The molecule has 5 heteroatoms. The number of methoxy groups -OCH3 is 1. The van der Waals surface area contributed by atoms with Gasteiger partial charge in [0.15, 0.2) is 0 Å². The summed E-state index contributed by atoms with van der Waals surface area (Å²) in [5, 5.41) is 8.89. The molecule has 0 amide bonds. The summed E-state index contributed by atoms with van der Waals surface area (Å²) >= 11 is 6.02. The van der Waals surface area contributed by atoms with Crippen molar-refractivity contribution in [2.24, 2.45) is 0 Å². The molecule has 0 atom stereocenters. The molecular formula is C16H12ClN3O. The van der Waals surface area contributed by atoms with Crippen molar-refractivity contribution in [1.82, 2.24) is 9.55 Å². The summed E-state index contributed by atoms with van der Waals surface area (Å²) in [6.07, 6.45) is 0. The second-order valence-electron chi connectivity index (χ2n) is 4.51. The molecule has 0 aliphatic carbocycles. The lowest BCUT2D eigenvalue weighted by Gasteiger charge is -2.08. The van der Waals surface area contributed by atoms with Gasteiger partial charge in [0.2, 0.25) is 0 Å². The van der Waals surface area contributed by atoms with E-state index in [0.717, 1.165) is 28.3 Å². The monoisotopic (exact) mass is 297 g/mol. The number of halogens is 1. The molecule has 1 aromatic heterocycles. The Morgan fingerprint density at radius 2 is 2.00 bits per heavy atom. The Hall–Kier alpha value is -2.51. The van der Waals surface area contributed by atoms with E-state index in [0.29, 0.717) is 11.4 Å². The van der Waals surface area contributed by atoms with Crippen molar-refractivity contribution in [3.05, 3.63) is 53.9 Å². The second-order valence-corrected chi connectivity index (χ2v) is 4.78. The highest BCUT2D eigenvalue weighted by molar-refractivity contribution is 6.17. The van der Waals surface area contributed by atoms with Gasteiger partial charge >= 0.3 is 0 Å². The minimum atomic E-state index is 0.303. The lowest BCUT2D eigenvalue weighted by atomic mass is 10.2. The van der Waals surface area contributed by atoms with E-state index in [-0.39, 0.29) is 0 Å². The molecule has 0 aliphatic heterocycles. The number of imidazole rings is 1. The third kappa shape index (κ3) is 2.32. The fourth-order valence-electron chi connectivity index (χ4n) is 2.29. The number of benzene rings is 2. The van der Waals surface area contributed by atoms with Gasteiger partial charge in [-0.3, -0.25) is 4.57 Å². The Bertz CT molecular complexity index is 831. The van der Waals surface area contributed by atoms with Crippen LogP contribution in [0.15, 0.2) is 42.5 Å². The first kappa shape index (κ1) is 13.5. The summed E-state index contributed by atoms with van der Waals surface area (Å²) in [6.45, 7) is 0. The highest BCUT2D eigenvalue weighted by Crippen LogP contribution is 2.26. The van der Waals surface area contributed by atoms with Crippen LogP contribution in [0.4, 0.5) is 0 Å². The largest absolute Gasteiger partial charge is 0.497 e. The summed E-state index contributed by atoms with van der Waals surface area (Å²) < 4.78 is 7.25. The zero-order chi connectivity index (χ0) is 14.8. The fourth-order valence-corrected chi connectivity index (χ4v) is 2.47. The number of aromatic nitrogens is 2. The van der Waals surface area contributed by atoms with Gasteiger partial charge in [-0.05, 0) is 36.4 Å². The van der Waals surface area contributed by atoms with Gasteiger partial charge in [0.25, 0.3) is 0 Å². The Kier molecular flexibility index (Phi) is 3.51. The van der Waals surface area contributed by atoms with Gasteiger partial charge in [-0.25, -0.2) is 4.98 Å². The smallest absolute Gasteiger partial charge is 0.129 e. The molecule has 0 N–H and O–H groups in total. The van der Waals surface area contributed by atoms with Crippen LogP contribution in [-0.4, -0.2) is 16.7 Å². The van der Waals surface area contributed by atoms with Gasteiger partial charge in [0.05, 0.1) is 35.7 Å². The number of nitrogens with zero attached hydrogens (tertiary/aromatic N) is 3. The summed E-state index contributed by atoms with van der Waals surface area (Å²) in [6, 6.07) is 15.1. The molecule has 21 heavy (non-hydrogen) atoms. The molecule has 2 aromatic carbocycles. The Morgan fingerprint density at radius 3 is 2.62 bits per heavy atom. The third-order valence-corrected chi connectivity index (χ3v) is 3.54. The zero-order valence-corrected chi connectivity index (χ0v) is 12.1. The highest BCUT2D eigenvalue weighted by Gasteiger charge is 2.12. The van der Waals surface area contributed by atoms with Gasteiger partial charge in [-0.1, -0.05) is 0 Å². The first-order chi connectivity index (χ1) is 10.3. The molecule has 0 saturated carbocycles. The van der Waals surface area contributed by atoms with Crippen molar-refractivity contribution < 1.29 is 4.74 Å². The maximum atomic E-state index is 8.89. The molecule has 4 nitrogen and oxygen atoms in total. The maximum Gasteiger partial charge on any atom is 0.129 e. The van der Waals surface area contributed by atoms with E-state index in [2.05, 4.69) is 11.1 Å². The van der Waals surface area contributed by atoms with Crippen molar-refractivity contribution >= 4 is 22.6 Å². The van der Waals surface area contributed by atoms with E-state index < -0.39 is 0 Å². The van der Waals surface area contributed by atoms with Crippen LogP contribution in [0, 0.1) is 11.3 Å². The van der Waals surface area contributed by atoms with Crippen molar-refractivity contribution in [3.8, 4) is 17.5 Å². The van der Waals surface area contributed by atoms with Gasteiger partial charge < -0.3 is 4.74 Å². The summed E-state index contributed by atoms with van der Waals surface area (Å²) in [4.78, 5) is 4.54. The quantitative estimate of drug-likeness (QED) is 0.693. The number of nitriles is 1. The van der Waals surface area contributed by atoms with Crippen LogP contribution < -0.4 is 4.74 Å². The Morgan fingerprint density at radius 1 is 1.24 bits per heavy atom. The molecule has 3 rings (SSSR count). The molecule has 0 saturated heterocycles. The molecule has 104 valence electrons. The van der Waals surface area contributed by atoms with Gasteiger partial charge in [-0.2, -0.15) is 5.26 Å². The van der Waals surface area contributed by atoms with Crippen LogP contribution in [0.1, 0.15) is 11.4 Å². The minimum Gasteiger partial charge on any atom is -0.497 e. The van der Waals surface area contributed by atoms with Crippen LogP contribution in [0.3, 0.4) is 0 Å². The second kappa shape index (κ2) is 5.47. The number of hydrogen-bond acceptors (Lipinski definition) is 3. The first-order valence-corrected chi connectivity index (χ1v) is 6.92. The van der Waals surface area contributed by atoms with Gasteiger partial charge in [-0.15, -0.1) is 11.6 Å². The van der Waals surface area contributed by atoms with Crippen LogP contribution in [0.25, 0.3) is 16.7 Å². The van der Waals surface area contributed by atoms with Crippen molar-refractivity contribution in [2.75, 3.05) is 7.11 Å². The molecule has 3 aromatic rings. The lowest BCUT2D eigenvalue weighted by Crippen LogP contribution is -1.99. The lowest BCUT2D eigenvalue weighted by molar-refractivity contribution is 0.415. The van der Waals surface area contributed by atoms with E-state index in [1.54, 1.807) is 19.2 Å². The predicted molar refractivity (Wildman–Crippen MR) is 81.9 cm³/mol. The van der Waals surface area contributed by atoms with Crippen molar-refractivity contribution in [3.63, 3.8) is 0 Å². The molecule has 0 unspecified atom stereocenters. The summed E-state index contributed by atoms with van der Waals surface area (Å²) in [5.74, 6) is 1.82. The molecular weight excluding hydrogens is 286 g/mol. The van der Waals surface area contributed by atoms with E-state index in [1.165, 1.54) is 0 Å². The van der Waals surface area contributed by atoms with Crippen LogP contribution in [0.2, 0.25) is 0 Å². The van der Waals surface area contributed by atoms with E-state index >= 15 is 0 Å². The van der Waals surface area contributed by atoms with Crippen LogP contribution in [-0.2, 0) is 5.88 Å². The molecule has 0 fully saturated rings.